The Hall–Kier alpha value is -2.16. The molecule has 9 heteroatoms. The highest BCUT2D eigenvalue weighted by Gasteiger charge is 2.36. The maximum absolute atomic E-state index is 12.7. The maximum atomic E-state index is 12.7. The molecule has 1 rings (SSSR count). The van der Waals surface area contributed by atoms with E-state index in [1.807, 2.05) is 0 Å². The summed E-state index contributed by atoms with van der Waals surface area (Å²) in [6.45, 7) is -1.43. The van der Waals surface area contributed by atoms with Gasteiger partial charge in [0, 0.05) is 13.6 Å². The van der Waals surface area contributed by atoms with Gasteiger partial charge in [0.25, 0.3) is 0 Å². The Kier molecular flexibility index (Phi) is 3.88. The predicted octanol–water partition coefficient (Wildman–Crippen LogP) is 2.13. The van der Waals surface area contributed by atoms with Gasteiger partial charge in [-0.15, -0.1) is 11.3 Å². The van der Waals surface area contributed by atoms with Crippen molar-refractivity contribution in [1.29, 1.82) is 0 Å². The number of oxime groups is 1. The predicted molar refractivity (Wildman–Crippen MR) is 90.7 cm³/mol. The molecule has 2 N–H and O–H groups in total. The third-order valence-corrected chi connectivity index (χ3v) is 2.87. The number of carbonyl (C=O) groups is 2. The van der Waals surface area contributed by atoms with Crippen LogP contribution in [-0.4, -0.2) is 40.4 Å². The number of ether oxygens (including phenoxy) is 2. The van der Waals surface area contributed by atoms with E-state index in [1.54, 1.807) is 0 Å². The fourth-order valence-electron chi connectivity index (χ4n) is 1.29. The molecule has 0 aliphatic rings. The summed E-state index contributed by atoms with van der Waals surface area (Å²) >= 11 is 0.935. The topological polar surface area (TPSA) is 113 Å². The fraction of sp³-hybridized carbons (Fsp3) is 0.600. The lowest BCUT2D eigenvalue weighted by Crippen LogP contribution is -2.40. The van der Waals surface area contributed by atoms with Crippen LogP contribution in [0, 0.1) is 0 Å². The average molecular weight is 363 g/mol. The zero-order valence-electron chi connectivity index (χ0n) is 19.7. The van der Waals surface area contributed by atoms with Crippen molar-refractivity contribution in [3.05, 3.63) is 11.1 Å². The number of thiazole rings is 1. The van der Waals surface area contributed by atoms with Gasteiger partial charge in [0.15, 0.2) is 5.13 Å². The highest BCUT2D eigenvalue weighted by molar-refractivity contribution is 7.13. The molecule has 0 aliphatic carbocycles. The molecule has 8 nitrogen and oxygen atoms in total. The normalized spacial score (nSPS) is 17.4. The quantitative estimate of drug-likeness (QED) is 0.468. The first-order chi connectivity index (χ1) is 13.5. The summed E-state index contributed by atoms with van der Waals surface area (Å²) in [6.07, 6.45) is 0. The number of nitrogen functional groups attached to an aromatic ring is 1. The number of aromatic nitrogens is 1. The maximum Gasteiger partial charge on any atom is 0.362 e. The fourth-order valence-corrected chi connectivity index (χ4v) is 1.83. The van der Waals surface area contributed by atoms with Gasteiger partial charge in [-0.25, -0.2) is 14.6 Å². The van der Waals surface area contributed by atoms with Gasteiger partial charge in [0.1, 0.15) is 11.3 Å². The van der Waals surface area contributed by atoms with Gasteiger partial charge in [-0.05, 0) is 41.4 Å². The van der Waals surface area contributed by atoms with Crippen LogP contribution in [-0.2, 0) is 23.9 Å². The summed E-state index contributed by atoms with van der Waals surface area (Å²) in [7, 11) is 0. The molecular formula is C15H23N3O5S. The Labute approximate surface area is 153 Å². The summed E-state index contributed by atoms with van der Waals surface area (Å²) in [6, 6.07) is 0. The van der Waals surface area contributed by atoms with Crippen LogP contribution in [0.15, 0.2) is 10.5 Å². The lowest BCUT2D eigenvalue weighted by atomic mass is 10.1. The van der Waals surface area contributed by atoms with E-state index in [4.69, 9.17) is 28.3 Å². The van der Waals surface area contributed by atoms with Crippen molar-refractivity contribution in [2.24, 2.45) is 5.16 Å². The van der Waals surface area contributed by atoms with Crippen LogP contribution in [0.2, 0.25) is 0 Å². The second kappa shape index (κ2) is 7.61. The Morgan fingerprint density at radius 3 is 2.54 bits per heavy atom. The molecular weight excluding hydrogens is 334 g/mol. The summed E-state index contributed by atoms with van der Waals surface area (Å²) < 4.78 is 56.0. The van der Waals surface area contributed by atoms with Crippen molar-refractivity contribution in [3.63, 3.8) is 0 Å². The number of carbonyl (C=O) groups excluding carboxylic acids is 2. The number of nitrogens with two attached hydrogens (primary N) is 1. The molecule has 0 radical (unpaired) electrons. The number of nitrogens with zero attached hydrogens (tertiary/aromatic N) is 2. The minimum absolute atomic E-state index is 0.0482. The summed E-state index contributed by atoms with van der Waals surface area (Å²) in [4.78, 5) is 33.7. The van der Waals surface area contributed by atoms with Crippen molar-refractivity contribution in [1.82, 2.24) is 4.98 Å². The minimum Gasteiger partial charge on any atom is -0.461 e. The standard InChI is InChI=1S/C15H23N3O5S/c1-7-21-11(19)10(9-8-24-13(16)17-9)18-23-15(5,6)12(20)22-14(2,3)4/h8H,7H2,1-6H3,(H2,16,17)/b18-10-/i5D3,6D3. The van der Waals surface area contributed by atoms with E-state index in [0.29, 0.717) is 0 Å². The molecule has 0 bridgehead atoms. The van der Waals surface area contributed by atoms with E-state index in [9.17, 15) is 9.59 Å². The second-order valence-electron chi connectivity index (χ2n) is 5.51. The number of anilines is 1. The van der Waals surface area contributed by atoms with Crippen molar-refractivity contribution >= 4 is 34.1 Å². The van der Waals surface area contributed by atoms with E-state index in [2.05, 4.69) is 10.1 Å². The molecule has 0 fully saturated rings. The Morgan fingerprint density at radius 2 is 2.08 bits per heavy atom. The second-order valence-corrected chi connectivity index (χ2v) is 6.40. The van der Waals surface area contributed by atoms with Crippen molar-refractivity contribution in [2.45, 2.75) is 52.6 Å². The highest BCUT2D eigenvalue weighted by Crippen LogP contribution is 2.19. The van der Waals surface area contributed by atoms with Crippen LogP contribution in [0.25, 0.3) is 0 Å². The molecule has 1 aromatic rings. The molecule has 0 amide bonds. The first kappa shape index (κ1) is 12.2. The number of hydrogen-bond donors (Lipinski definition) is 1. The SMILES string of the molecule is [2H]C([2H])([2H])C(O/N=C(\C(=O)OCC)c1csc(N)n1)(C(=O)OC(C)(C)C)C([2H])([2H])[2H]. The highest BCUT2D eigenvalue weighted by atomic mass is 32.1. The Bertz CT molecular complexity index is 799. The van der Waals surface area contributed by atoms with Gasteiger partial charge in [-0.1, -0.05) is 5.16 Å². The van der Waals surface area contributed by atoms with Crippen molar-refractivity contribution < 1.29 is 32.1 Å². The molecule has 0 spiro atoms. The zero-order chi connectivity index (χ0) is 23.5. The number of esters is 2. The molecule has 1 heterocycles. The molecule has 24 heavy (non-hydrogen) atoms. The minimum atomic E-state index is -3.55. The molecule has 0 unspecified atom stereocenters. The van der Waals surface area contributed by atoms with Crippen LogP contribution in [0.3, 0.4) is 0 Å². The Balaban J connectivity index is 3.63. The van der Waals surface area contributed by atoms with Crippen molar-refractivity contribution in [2.75, 3.05) is 12.3 Å². The smallest absolute Gasteiger partial charge is 0.362 e. The summed E-state index contributed by atoms with van der Waals surface area (Å²) in [5.74, 6) is -2.78. The molecule has 0 aliphatic heterocycles. The molecule has 0 saturated carbocycles. The van der Waals surface area contributed by atoms with Gasteiger partial charge < -0.3 is 20.0 Å². The van der Waals surface area contributed by atoms with Crippen LogP contribution < -0.4 is 5.73 Å². The monoisotopic (exact) mass is 363 g/mol. The van der Waals surface area contributed by atoms with Gasteiger partial charge in [0.2, 0.25) is 11.3 Å². The molecule has 0 atom stereocenters. The third kappa shape index (κ3) is 5.80. The van der Waals surface area contributed by atoms with Gasteiger partial charge in [-0.3, -0.25) is 0 Å². The van der Waals surface area contributed by atoms with Crippen LogP contribution in [0.5, 0.6) is 0 Å². The molecule has 1 aromatic heterocycles. The van der Waals surface area contributed by atoms with E-state index in [1.165, 1.54) is 33.1 Å². The number of hydrogen-bond acceptors (Lipinski definition) is 9. The largest absolute Gasteiger partial charge is 0.461 e. The third-order valence-electron chi connectivity index (χ3n) is 2.19. The summed E-state index contributed by atoms with van der Waals surface area (Å²) in [5.41, 5.74) is -0.0331. The number of rotatable bonds is 6. The van der Waals surface area contributed by atoms with Crippen LogP contribution in [0.1, 0.15) is 55.3 Å². The van der Waals surface area contributed by atoms with E-state index >= 15 is 0 Å². The lowest BCUT2D eigenvalue weighted by molar-refractivity contribution is -0.179. The Morgan fingerprint density at radius 1 is 1.42 bits per heavy atom. The van der Waals surface area contributed by atoms with Crippen LogP contribution in [0.4, 0.5) is 5.13 Å². The average Bonchev–Trinajstić information content (AvgIpc) is 2.93. The molecule has 0 saturated heterocycles. The first-order valence-corrected chi connectivity index (χ1v) is 7.72. The molecule has 134 valence electrons. The summed E-state index contributed by atoms with van der Waals surface area (Å²) in [5, 5.41) is 4.74. The molecule has 0 aromatic carbocycles. The van der Waals surface area contributed by atoms with Gasteiger partial charge in [0.05, 0.1) is 6.61 Å². The van der Waals surface area contributed by atoms with E-state index in [0.717, 1.165) is 11.3 Å². The van der Waals surface area contributed by atoms with E-state index < -0.39 is 42.6 Å². The first-order valence-electron chi connectivity index (χ1n) is 9.84. The van der Waals surface area contributed by atoms with Crippen LogP contribution >= 0.6 is 11.3 Å². The van der Waals surface area contributed by atoms with Gasteiger partial charge in [-0.2, -0.15) is 0 Å². The zero-order valence-corrected chi connectivity index (χ0v) is 14.5. The van der Waals surface area contributed by atoms with Crippen molar-refractivity contribution in [3.8, 4) is 0 Å². The van der Waals surface area contributed by atoms with E-state index in [-0.39, 0.29) is 17.4 Å². The van der Waals surface area contributed by atoms with Gasteiger partial charge >= 0.3 is 11.9 Å². The lowest BCUT2D eigenvalue weighted by Gasteiger charge is -2.26.